The lowest BCUT2D eigenvalue weighted by atomic mass is 10.2. The van der Waals surface area contributed by atoms with Crippen LogP contribution in [0, 0.1) is 12.3 Å². The van der Waals surface area contributed by atoms with Crippen LogP contribution in [-0.4, -0.2) is 11.2 Å². The molecule has 2 N–H and O–H groups in total. The fourth-order valence-electron chi connectivity index (χ4n) is 0.773. The van der Waals surface area contributed by atoms with E-state index in [1.54, 1.807) is 24.3 Å². The van der Waals surface area contributed by atoms with E-state index >= 15 is 0 Å². The number of terminal acetylenes is 1. The first-order valence-corrected chi connectivity index (χ1v) is 3.29. The second-order valence-corrected chi connectivity index (χ2v) is 2.15. The molecule has 1 amide bonds. The van der Waals surface area contributed by atoms with Crippen LogP contribution in [0.2, 0.25) is 0 Å². The number of hydrogen-bond acceptors (Lipinski definition) is 1. The average Bonchev–Trinajstić information content (AvgIpc) is 2.05. The fourth-order valence-corrected chi connectivity index (χ4v) is 0.773. The fraction of sp³-hybridized carbons (Fsp3) is 0. The molecule has 0 spiro atoms. The number of benzene rings is 1. The molecular formula is C9H7NO2. The highest BCUT2D eigenvalue weighted by Crippen LogP contribution is 2.07. The molecule has 60 valence electrons. The van der Waals surface area contributed by atoms with Gasteiger partial charge < -0.3 is 5.11 Å². The minimum absolute atomic E-state index is 0.515. The lowest BCUT2D eigenvalue weighted by Crippen LogP contribution is -2.06. The van der Waals surface area contributed by atoms with Crippen LogP contribution in [0.25, 0.3) is 0 Å². The Morgan fingerprint density at radius 2 is 2.00 bits per heavy atom. The summed E-state index contributed by atoms with van der Waals surface area (Å²) in [5, 5.41) is 10.5. The van der Waals surface area contributed by atoms with Gasteiger partial charge in [-0.15, -0.1) is 6.42 Å². The highest BCUT2D eigenvalue weighted by Gasteiger charge is 1.95. The van der Waals surface area contributed by atoms with Crippen molar-refractivity contribution < 1.29 is 9.90 Å². The van der Waals surface area contributed by atoms with Crippen molar-refractivity contribution in [2.45, 2.75) is 0 Å². The quantitative estimate of drug-likeness (QED) is 0.616. The summed E-state index contributed by atoms with van der Waals surface area (Å²) in [5.41, 5.74) is 1.24. The van der Waals surface area contributed by atoms with Crippen LogP contribution in [0.3, 0.4) is 0 Å². The SMILES string of the molecule is C#Cc1ccc(NC(=O)O)cc1. The van der Waals surface area contributed by atoms with Crippen LogP contribution in [0.15, 0.2) is 24.3 Å². The Hall–Kier alpha value is -1.95. The second kappa shape index (κ2) is 3.44. The molecule has 3 nitrogen and oxygen atoms in total. The zero-order valence-corrected chi connectivity index (χ0v) is 6.24. The molecule has 0 fully saturated rings. The van der Waals surface area contributed by atoms with Crippen LogP contribution in [0.1, 0.15) is 5.56 Å². The third-order valence-corrected chi connectivity index (χ3v) is 1.30. The minimum Gasteiger partial charge on any atom is -0.465 e. The molecule has 0 saturated heterocycles. The number of amides is 1. The van der Waals surface area contributed by atoms with Crippen LogP contribution in [0.4, 0.5) is 10.5 Å². The van der Waals surface area contributed by atoms with Gasteiger partial charge >= 0.3 is 6.09 Å². The topological polar surface area (TPSA) is 49.3 Å². The maximum Gasteiger partial charge on any atom is 0.409 e. The van der Waals surface area contributed by atoms with E-state index < -0.39 is 6.09 Å². The van der Waals surface area contributed by atoms with E-state index in [1.165, 1.54) is 0 Å². The van der Waals surface area contributed by atoms with Crippen molar-refractivity contribution in [1.82, 2.24) is 0 Å². The normalized spacial score (nSPS) is 8.58. The standard InChI is InChI=1S/C9H7NO2/c1-2-7-3-5-8(6-4-7)10-9(11)12/h1,3-6,10H,(H,11,12). The third kappa shape index (κ3) is 2.03. The lowest BCUT2D eigenvalue weighted by Gasteiger charge is -1.98. The van der Waals surface area contributed by atoms with Crippen LogP contribution >= 0.6 is 0 Å². The summed E-state index contributed by atoms with van der Waals surface area (Å²) in [6, 6.07) is 6.57. The number of nitrogens with one attached hydrogen (secondary N) is 1. The van der Waals surface area contributed by atoms with Gasteiger partial charge in [-0.05, 0) is 24.3 Å². The number of rotatable bonds is 1. The van der Waals surface area contributed by atoms with E-state index in [9.17, 15) is 4.79 Å². The van der Waals surface area contributed by atoms with Gasteiger partial charge in [-0.2, -0.15) is 0 Å². The molecule has 0 aliphatic heterocycles. The van der Waals surface area contributed by atoms with Gasteiger partial charge in [0.15, 0.2) is 0 Å². The molecule has 0 radical (unpaired) electrons. The largest absolute Gasteiger partial charge is 0.465 e. The van der Waals surface area contributed by atoms with E-state index in [0.717, 1.165) is 5.56 Å². The molecule has 0 saturated carbocycles. The summed E-state index contributed by atoms with van der Waals surface area (Å²) in [5.74, 6) is 2.43. The first-order valence-electron chi connectivity index (χ1n) is 3.29. The molecule has 0 bridgehead atoms. The predicted molar refractivity (Wildman–Crippen MR) is 46.0 cm³/mol. The first-order chi connectivity index (χ1) is 5.72. The Labute approximate surface area is 70.0 Å². The molecule has 0 aliphatic rings. The second-order valence-electron chi connectivity index (χ2n) is 2.15. The summed E-state index contributed by atoms with van der Waals surface area (Å²) in [7, 11) is 0. The zero-order valence-electron chi connectivity index (χ0n) is 6.24. The van der Waals surface area contributed by atoms with Crippen LogP contribution in [-0.2, 0) is 0 Å². The molecule has 0 aromatic heterocycles. The summed E-state index contributed by atoms with van der Waals surface area (Å²) < 4.78 is 0. The molecule has 0 unspecified atom stereocenters. The molecular weight excluding hydrogens is 154 g/mol. The third-order valence-electron chi connectivity index (χ3n) is 1.30. The van der Waals surface area contributed by atoms with E-state index in [0.29, 0.717) is 5.69 Å². The molecule has 0 aliphatic carbocycles. The summed E-state index contributed by atoms with van der Waals surface area (Å²) in [6.45, 7) is 0. The highest BCUT2D eigenvalue weighted by atomic mass is 16.4. The lowest BCUT2D eigenvalue weighted by molar-refractivity contribution is 0.210. The number of hydrogen-bond donors (Lipinski definition) is 2. The molecule has 0 heterocycles. The van der Waals surface area contributed by atoms with Crippen molar-refractivity contribution in [3.8, 4) is 12.3 Å². The van der Waals surface area contributed by atoms with Crippen LogP contribution < -0.4 is 5.32 Å². The van der Waals surface area contributed by atoms with Gasteiger partial charge in [-0.1, -0.05) is 5.92 Å². The van der Waals surface area contributed by atoms with E-state index in [2.05, 4.69) is 11.2 Å². The monoisotopic (exact) mass is 161 g/mol. The van der Waals surface area contributed by atoms with Crippen molar-refractivity contribution in [1.29, 1.82) is 0 Å². The van der Waals surface area contributed by atoms with E-state index in [4.69, 9.17) is 11.5 Å². The maximum absolute atomic E-state index is 10.2. The minimum atomic E-state index is -1.08. The van der Waals surface area contributed by atoms with Gasteiger partial charge in [0, 0.05) is 11.3 Å². The summed E-state index contributed by atoms with van der Waals surface area (Å²) >= 11 is 0. The van der Waals surface area contributed by atoms with Crippen molar-refractivity contribution in [3.63, 3.8) is 0 Å². The van der Waals surface area contributed by atoms with Gasteiger partial charge in [0.1, 0.15) is 0 Å². The molecule has 1 rings (SSSR count). The Morgan fingerprint density at radius 1 is 1.42 bits per heavy atom. The molecule has 1 aromatic rings. The summed E-state index contributed by atoms with van der Waals surface area (Å²) in [4.78, 5) is 10.2. The maximum atomic E-state index is 10.2. The molecule has 1 aromatic carbocycles. The zero-order chi connectivity index (χ0) is 8.97. The van der Waals surface area contributed by atoms with Crippen molar-refractivity contribution in [2.24, 2.45) is 0 Å². The van der Waals surface area contributed by atoms with Gasteiger partial charge in [0.25, 0.3) is 0 Å². The number of carboxylic acid groups (broad SMARTS) is 1. The molecule has 0 atom stereocenters. The van der Waals surface area contributed by atoms with E-state index in [1.807, 2.05) is 0 Å². The predicted octanol–water partition coefficient (Wildman–Crippen LogP) is 1.76. The van der Waals surface area contributed by atoms with E-state index in [-0.39, 0.29) is 0 Å². The summed E-state index contributed by atoms with van der Waals surface area (Å²) in [6.07, 6.45) is 4.03. The van der Waals surface area contributed by atoms with Crippen molar-refractivity contribution >= 4 is 11.8 Å². The van der Waals surface area contributed by atoms with Crippen molar-refractivity contribution in [3.05, 3.63) is 29.8 Å². The Bertz CT molecular complexity index is 321. The Balaban J connectivity index is 2.80. The number of anilines is 1. The number of carbonyl (C=O) groups is 1. The Morgan fingerprint density at radius 3 is 2.42 bits per heavy atom. The molecule has 3 heteroatoms. The first kappa shape index (κ1) is 8.15. The van der Waals surface area contributed by atoms with Crippen LogP contribution in [0.5, 0.6) is 0 Å². The average molecular weight is 161 g/mol. The van der Waals surface area contributed by atoms with Gasteiger partial charge in [-0.25, -0.2) is 4.79 Å². The van der Waals surface area contributed by atoms with Gasteiger partial charge in [-0.3, -0.25) is 5.32 Å². The van der Waals surface area contributed by atoms with Crippen molar-refractivity contribution in [2.75, 3.05) is 5.32 Å². The Kier molecular flexibility index (Phi) is 2.34. The highest BCUT2D eigenvalue weighted by molar-refractivity contribution is 5.82. The van der Waals surface area contributed by atoms with Gasteiger partial charge in [0.2, 0.25) is 0 Å². The smallest absolute Gasteiger partial charge is 0.409 e. The molecule has 12 heavy (non-hydrogen) atoms. The van der Waals surface area contributed by atoms with Gasteiger partial charge in [0.05, 0.1) is 0 Å².